The molecule has 124 valence electrons. The minimum absolute atomic E-state index is 0.0238. The van der Waals surface area contributed by atoms with Crippen molar-refractivity contribution in [3.8, 4) is 0 Å². The van der Waals surface area contributed by atoms with Crippen LogP contribution in [-0.2, 0) is 20.9 Å². The number of carboxylic acid groups (broad SMARTS) is 1. The first-order chi connectivity index (χ1) is 11.0. The van der Waals surface area contributed by atoms with Crippen LogP contribution in [0.1, 0.15) is 12.0 Å². The Hall–Kier alpha value is -2.61. The molecule has 0 bridgehead atoms. The number of benzene rings is 1. The number of nitrogens with zero attached hydrogens (tertiary/aromatic N) is 1. The van der Waals surface area contributed by atoms with Crippen LogP contribution in [0.5, 0.6) is 0 Å². The Morgan fingerprint density at radius 3 is 2.61 bits per heavy atom. The van der Waals surface area contributed by atoms with E-state index in [4.69, 9.17) is 4.74 Å². The predicted molar refractivity (Wildman–Crippen MR) is 78.7 cm³/mol. The van der Waals surface area contributed by atoms with Gasteiger partial charge >= 0.3 is 18.2 Å². The maximum atomic E-state index is 12.1. The minimum Gasteiger partial charge on any atom is -0.468 e. The van der Waals surface area contributed by atoms with Crippen molar-refractivity contribution < 1.29 is 29.0 Å². The van der Waals surface area contributed by atoms with E-state index in [-0.39, 0.29) is 19.6 Å². The molecule has 1 aliphatic rings. The maximum absolute atomic E-state index is 12.1. The molecule has 1 saturated heterocycles. The molecule has 1 aromatic rings. The summed E-state index contributed by atoms with van der Waals surface area (Å²) >= 11 is 0. The molecule has 2 unspecified atom stereocenters. The van der Waals surface area contributed by atoms with E-state index in [0.29, 0.717) is 4.90 Å². The molecule has 2 amide bonds. The molecule has 1 heterocycles. The first-order valence-electron chi connectivity index (χ1n) is 7.07. The number of amides is 2. The van der Waals surface area contributed by atoms with Crippen LogP contribution in [0.25, 0.3) is 0 Å². The summed E-state index contributed by atoms with van der Waals surface area (Å²) in [6, 6.07) is 7.63. The van der Waals surface area contributed by atoms with E-state index in [1.807, 2.05) is 6.07 Å². The number of rotatable bonds is 4. The average Bonchev–Trinajstić information content (AvgIpc) is 3.02. The molecular weight excluding hydrogens is 304 g/mol. The smallest absolute Gasteiger partial charge is 0.419 e. The lowest BCUT2D eigenvalue weighted by Gasteiger charge is -2.22. The Labute approximate surface area is 133 Å². The summed E-state index contributed by atoms with van der Waals surface area (Å²) in [5.41, 5.74) is 0.753. The van der Waals surface area contributed by atoms with Gasteiger partial charge < -0.3 is 19.9 Å². The largest absolute Gasteiger partial charge is 0.468 e. The molecule has 23 heavy (non-hydrogen) atoms. The van der Waals surface area contributed by atoms with Crippen LogP contribution in [0.3, 0.4) is 0 Å². The number of imide groups is 1. The number of methoxy groups -OCH3 is 1. The van der Waals surface area contributed by atoms with Gasteiger partial charge in [-0.2, -0.15) is 0 Å². The lowest BCUT2D eigenvalue weighted by molar-refractivity contribution is -0.142. The lowest BCUT2D eigenvalue weighted by atomic mass is 10.1. The van der Waals surface area contributed by atoms with E-state index in [0.717, 1.165) is 5.56 Å². The molecule has 1 aromatic carbocycles. The van der Waals surface area contributed by atoms with Gasteiger partial charge in [-0.25, -0.2) is 14.5 Å². The van der Waals surface area contributed by atoms with Crippen molar-refractivity contribution in [3.63, 3.8) is 0 Å². The van der Waals surface area contributed by atoms with Gasteiger partial charge in [0.05, 0.1) is 13.2 Å². The second-order valence-corrected chi connectivity index (χ2v) is 5.07. The number of carbonyl (C=O) groups excluding carboxylic acids is 2. The molecule has 8 nitrogen and oxygen atoms in total. The molecule has 0 saturated carbocycles. The fourth-order valence-electron chi connectivity index (χ4n) is 2.41. The number of hydrogen-bond acceptors (Lipinski definition) is 6. The molecule has 0 spiro atoms. The van der Waals surface area contributed by atoms with Crippen LogP contribution in [0.2, 0.25) is 0 Å². The fourth-order valence-corrected chi connectivity index (χ4v) is 2.41. The Morgan fingerprint density at radius 1 is 1.30 bits per heavy atom. The van der Waals surface area contributed by atoms with E-state index >= 15 is 0 Å². The third kappa shape index (κ3) is 4.19. The zero-order valence-electron chi connectivity index (χ0n) is 12.6. The van der Waals surface area contributed by atoms with Gasteiger partial charge in [0.2, 0.25) is 0 Å². The van der Waals surface area contributed by atoms with Crippen molar-refractivity contribution in [2.45, 2.75) is 25.1 Å². The molecule has 1 aliphatic heterocycles. The zero-order valence-corrected chi connectivity index (χ0v) is 12.6. The van der Waals surface area contributed by atoms with Crippen molar-refractivity contribution in [1.82, 2.24) is 10.2 Å². The third-order valence-corrected chi connectivity index (χ3v) is 3.57. The van der Waals surface area contributed by atoms with Crippen molar-refractivity contribution in [1.29, 1.82) is 0 Å². The topological polar surface area (TPSA) is 105 Å². The Balaban J connectivity index is 1.97. The van der Waals surface area contributed by atoms with Crippen molar-refractivity contribution in [2.75, 3.05) is 13.7 Å². The van der Waals surface area contributed by atoms with Crippen LogP contribution in [0.15, 0.2) is 30.3 Å². The summed E-state index contributed by atoms with van der Waals surface area (Å²) in [5.74, 6) is -0.490. The highest BCUT2D eigenvalue weighted by molar-refractivity contribution is 5.87. The number of hydrogen-bond donors (Lipinski definition) is 2. The maximum Gasteiger partial charge on any atom is 0.419 e. The molecule has 1 fully saturated rings. The highest BCUT2D eigenvalue weighted by Crippen LogP contribution is 2.17. The van der Waals surface area contributed by atoms with Crippen LogP contribution >= 0.6 is 0 Å². The highest BCUT2D eigenvalue weighted by Gasteiger charge is 2.39. The van der Waals surface area contributed by atoms with Crippen molar-refractivity contribution in [2.24, 2.45) is 0 Å². The molecule has 2 N–H and O–H groups in total. The average molecular weight is 322 g/mol. The summed E-state index contributed by atoms with van der Waals surface area (Å²) in [4.78, 5) is 35.5. The third-order valence-electron chi connectivity index (χ3n) is 3.57. The number of nitrogens with one attached hydrogen (secondary N) is 1. The van der Waals surface area contributed by atoms with Gasteiger partial charge in [0.15, 0.2) is 0 Å². The van der Waals surface area contributed by atoms with Gasteiger partial charge in [-0.15, -0.1) is 0 Å². The van der Waals surface area contributed by atoms with Gasteiger partial charge in [-0.05, 0) is 12.0 Å². The second kappa shape index (κ2) is 7.59. The predicted octanol–water partition coefficient (Wildman–Crippen LogP) is 1.21. The Morgan fingerprint density at radius 2 is 2.00 bits per heavy atom. The number of ether oxygens (including phenoxy) is 2. The number of esters is 1. The second-order valence-electron chi connectivity index (χ2n) is 5.07. The van der Waals surface area contributed by atoms with Crippen molar-refractivity contribution >= 4 is 18.2 Å². The summed E-state index contributed by atoms with van der Waals surface area (Å²) in [7, 11) is 1.25. The van der Waals surface area contributed by atoms with Crippen molar-refractivity contribution in [3.05, 3.63) is 35.9 Å². The lowest BCUT2D eigenvalue weighted by Crippen LogP contribution is -2.45. The van der Waals surface area contributed by atoms with Gasteiger partial charge in [-0.3, -0.25) is 4.79 Å². The van der Waals surface area contributed by atoms with Gasteiger partial charge in [-0.1, -0.05) is 30.3 Å². The van der Waals surface area contributed by atoms with E-state index in [9.17, 15) is 19.5 Å². The number of carbonyl (C=O) groups is 3. The monoisotopic (exact) mass is 322 g/mol. The molecule has 0 aromatic heterocycles. The minimum atomic E-state index is -1.42. The standard InChI is InChI=1S/C15H18N2O6/c1-22-13(18)12-7-11(8-16-12)17(14(19)20)15(21)23-9-10-5-3-2-4-6-10/h2-6,11-12,16H,7-9H2,1H3,(H,19,20). The van der Waals surface area contributed by atoms with E-state index in [2.05, 4.69) is 10.1 Å². The first kappa shape index (κ1) is 16.8. The summed E-state index contributed by atoms with van der Waals surface area (Å²) in [5, 5.41) is 12.1. The SMILES string of the molecule is COC(=O)C1CC(N(C(=O)O)C(=O)OCc2ccccc2)CN1. The fraction of sp³-hybridized carbons (Fsp3) is 0.400. The molecule has 2 rings (SSSR count). The highest BCUT2D eigenvalue weighted by atomic mass is 16.6. The summed E-state index contributed by atoms with van der Waals surface area (Å²) in [6.45, 7) is 0.149. The van der Waals surface area contributed by atoms with E-state index in [1.165, 1.54) is 7.11 Å². The molecule has 8 heteroatoms. The van der Waals surface area contributed by atoms with E-state index < -0.39 is 30.2 Å². The quantitative estimate of drug-likeness (QED) is 0.803. The van der Waals surface area contributed by atoms with Gasteiger partial charge in [0, 0.05) is 6.54 Å². The van der Waals surface area contributed by atoms with E-state index in [1.54, 1.807) is 24.3 Å². The van der Waals surface area contributed by atoms with Crippen LogP contribution < -0.4 is 5.32 Å². The van der Waals surface area contributed by atoms with Crippen LogP contribution in [0, 0.1) is 0 Å². The molecule has 0 aliphatic carbocycles. The van der Waals surface area contributed by atoms with Gasteiger partial charge in [0.25, 0.3) is 0 Å². The Kier molecular flexibility index (Phi) is 5.53. The summed E-state index contributed by atoms with van der Waals surface area (Å²) < 4.78 is 9.65. The van der Waals surface area contributed by atoms with Crippen LogP contribution in [-0.4, -0.2) is 53.9 Å². The normalized spacial score (nSPS) is 19.9. The molecular formula is C15H18N2O6. The molecule has 2 atom stereocenters. The van der Waals surface area contributed by atoms with Crippen LogP contribution in [0.4, 0.5) is 9.59 Å². The molecule has 0 radical (unpaired) electrons. The first-order valence-corrected chi connectivity index (χ1v) is 7.07. The summed E-state index contributed by atoms with van der Waals surface area (Å²) in [6.07, 6.45) is -2.22. The zero-order chi connectivity index (χ0) is 16.8. The van der Waals surface area contributed by atoms with Gasteiger partial charge in [0.1, 0.15) is 12.6 Å². The Bertz CT molecular complexity index is 577.